The summed E-state index contributed by atoms with van der Waals surface area (Å²) in [5.41, 5.74) is 7.74. The van der Waals surface area contributed by atoms with Crippen molar-refractivity contribution in [3.63, 3.8) is 0 Å². The van der Waals surface area contributed by atoms with E-state index in [-0.39, 0.29) is 5.78 Å². The average molecular weight is 218 g/mol. The fourth-order valence-electron chi connectivity index (χ4n) is 1.41. The Morgan fingerprint density at radius 3 is 2.87 bits per heavy atom. The topological polar surface area (TPSA) is 56.0 Å². The molecule has 0 saturated heterocycles. The summed E-state index contributed by atoms with van der Waals surface area (Å²) in [4.78, 5) is 16.0. The minimum Gasteiger partial charge on any atom is -0.383 e. The molecule has 0 fully saturated rings. The number of pyridine rings is 1. The van der Waals surface area contributed by atoms with Crippen LogP contribution in [0.1, 0.15) is 21.5 Å². The fraction of sp³-hybridized carbons (Fsp3) is 0.0909. The molecule has 0 bridgehead atoms. The first-order chi connectivity index (χ1) is 7.20. The normalized spacial score (nSPS) is 10.2. The minimum atomic E-state index is -0.0562. The Morgan fingerprint density at radius 1 is 1.47 bits per heavy atom. The molecule has 0 aliphatic heterocycles. The van der Waals surface area contributed by atoms with Crippen LogP contribution in [0.4, 0.5) is 5.82 Å². The third-order valence-corrected chi connectivity index (χ3v) is 2.88. The zero-order valence-corrected chi connectivity index (χ0v) is 9.04. The van der Waals surface area contributed by atoms with Crippen LogP contribution in [0.5, 0.6) is 0 Å². The fourth-order valence-corrected chi connectivity index (χ4v) is 2.05. The molecule has 0 amide bonds. The van der Waals surface area contributed by atoms with Crippen molar-refractivity contribution in [3.8, 4) is 0 Å². The number of thiophene rings is 1. The number of carbonyl (C=O) groups is 1. The molecule has 0 radical (unpaired) electrons. The number of aryl methyl sites for hydroxylation is 1. The second-order valence-electron chi connectivity index (χ2n) is 3.23. The maximum atomic E-state index is 12.0. The van der Waals surface area contributed by atoms with Crippen LogP contribution < -0.4 is 5.73 Å². The highest BCUT2D eigenvalue weighted by atomic mass is 32.1. The number of nitrogens with zero attached hydrogens (tertiary/aromatic N) is 1. The predicted molar refractivity (Wildman–Crippen MR) is 61.1 cm³/mol. The summed E-state index contributed by atoms with van der Waals surface area (Å²) >= 11 is 1.49. The minimum absolute atomic E-state index is 0.0562. The zero-order chi connectivity index (χ0) is 10.8. The number of nitrogen functional groups attached to an aromatic ring is 1. The van der Waals surface area contributed by atoms with Gasteiger partial charge in [0.25, 0.3) is 0 Å². The lowest BCUT2D eigenvalue weighted by molar-refractivity contribution is 0.103. The number of hydrogen-bond acceptors (Lipinski definition) is 4. The number of carbonyl (C=O) groups excluding carboxylic acids is 1. The summed E-state index contributed by atoms with van der Waals surface area (Å²) in [6.07, 6.45) is 1.61. The number of aromatic nitrogens is 1. The molecule has 15 heavy (non-hydrogen) atoms. The van der Waals surface area contributed by atoms with Crippen LogP contribution in [-0.4, -0.2) is 10.8 Å². The Hall–Kier alpha value is -1.68. The van der Waals surface area contributed by atoms with Gasteiger partial charge in [-0.1, -0.05) is 0 Å². The van der Waals surface area contributed by atoms with Crippen LogP contribution in [0, 0.1) is 6.92 Å². The van der Waals surface area contributed by atoms with E-state index in [1.165, 1.54) is 11.3 Å². The lowest BCUT2D eigenvalue weighted by Crippen LogP contribution is -2.08. The van der Waals surface area contributed by atoms with Crippen LogP contribution in [0.25, 0.3) is 0 Å². The van der Waals surface area contributed by atoms with Crippen molar-refractivity contribution in [2.75, 3.05) is 5.73 Å². The first-order valence-corrected chi connectivity index (χ1v) is 5.42. The molecule has 0 aromatic carbocycles. The SMILES string of the molecule is Cc1ccnc(N)c1C(=O)c1ccsc1. The van der Waals surface area contributed by atoms with Gasteiger partial charge in [-0.05, 0) is 30.0 Å². The van der Waals surface area contributed by atoms with E-state index in [0.717, 1.165) is 5.56 Å². The highest BCUT2D eigenvalue weighted by molar-refractivity contribution is 7.08. The van der Waals surface area contributed by atoms with Crippen LogP contribution in [-0.2, 0) is 0 Å². The molecular formula is C11H10N2OS. The highest BCUT2D eigenvalue weighted by Crippen LogP contribution is 2.19. The highest BCUT2D eigenvalue weighted by Gasteiger charge is 2.15. The molecule has 0 aliphatic carbocycles. The van der Waals surface area contributed by atoms with Gasteiger partial charge in [-0.2, -0.15) is 11.3 Å². The molecule has 2 N–H and O–H groups in total. The van der Waals surface area contributed by atoms with E-state index in [1.54, 1.807) is 18.3 Å². The maximum absolute atomic E-state index is 12.0. The predicted octanol–water partition coefficient (Wildman–Crippen LogP) is 2.26. The molecule has 2 heterocycles. The van der Waals surface area contributed by atoms with Crippen molar-refractivity contribution in [2.45, 2.75) is 6.92 Å². The van der Waals surface area contributed by atoms with Gasteiger partial charge in [0.2, 0.25) is 0 Å². The lowest BCUT2D eigenvalue weighted by atomic mass is 10.0. The first kappa shape index (κ1) is 9.86. The van der Waals surface area contributed by atoms with E-state index >= 15 is 0 Å². The van der Waals surface area contributed by atoms with Gasteiger partial charge in [-0.15, -0.1) is 0 Å². The van der Waals surface area contributed by atoms with Gasteiger partial charge in [0.05, 0.1) is 5.56 Å². The zero-order valence-electron chi connectivity index (χ0n) is 8.23. The van der Waals surface area contributed by atoms with Crippen molar-refractivity contribution in [1.29, 1.82) is 0 Å². The lowest BCUT2D eigenvalue weighted by Gasteiger charge is -2.05. The molecule has 76 valence electrons. The Labute approximate surface area is 91.6 Å². The summed E-state index contributed by atoms with van der Waals surface area (Å²) in [7, 11) is 0. The van der Waals surface area contributed by atoms with E-state index in [2.05, 4.69) is 4.98 Å². The molecule has 2 aromatic rings. The molecule has 0 spiro atoms. The molecule has 2 rings (SSSR count). The van der Waals surface area contributed by atoms with E-state index in [0.29, 0.717) is 16.9 Å². The monoisotopic (exact) mass is 218 g/mol. The molecule has 0 aliphatic rings. The molecule has 3 nitrogen and oxygen atoms in total. The number of nitrogens with two attached hydrogens (primary N) is 1. The number of hydrogen-bond donors (Lipinski definition) is 1. The summed E-state index contributed by atoms with van der Waals surface area (Å²) in [6.45, 7) is 1.86. The molecule has 0 atom stereocenters. The Kier molecular flexibility index (Phi) is 2.51. The number of ketones is 1. The van der Waals surface area contributed by atoms with Crippen LogP contribution >= 0.6 is 11.3 Å². The molecular weight excluding hydrogens is 208 g/mol. The van der Waals surface area contributed by atoms with Crippen LogP contribution in [0.3, 0.4) is 0 Å². The van der Waals surface area contributed by atoms with Crippen LogP contribution in [0.15, 0.2) is 29.1 Å². The Balaban J connectivity index is 2.51. The largest absolute Gasteiger partial charge is 0.383 e. The first-order valence-electron chi connectivity index (χ1n) is 4.48. The summed E-state index contributed by atoms with van der Waals surface area (Å²) in [5, 5.41) is 3.68. The smallest absolute Gasteiger partial charge is 0.197 e. The van der Waals surface area contributed by atoms with Gasteiger partial charge in [0.15, 0.2) is 5.78 Å². The quantitative estimate of drug-likeness (QED) is 0.787. The van der Waals surface area contributed by atoms with E-state index in [9.17, 15) is 4.79 Å². The van der Waals surface area contributed by atoms with Crippen molar-refractivity contribution in [2.24, 2.45) is 0 Å². The second kappa shape index (κ2) is 3.82. The van der Waals surface area contributed by atoms with Crippen molar-refractivity contribution in [1.82, 2.24) is 4.98 Å². The molecule has 0 unspecified atom stereocenters. The molecule has 4 heteroatoms. The van der Waals surface area contributed by atoms with Crippen molar-refractivity contribution in [3.05, 3.63) is 45.8 Å². The van der Waals surface area contributed by atoms with Gasteiger partial charge in [0, 0.05) is 17.1 Å². The number of rotatable bonds is 2. The van der Waals surface area contributed by atoms with Gasteiger partial charge in [-0.25, -0.2) is 4.98 Å². The third kappa shape index (κ3) is 1.76. The number of anilines is 1. The summed E-state index contributed by atoms with van der Waals surface area (Å²) in [6, 6.07) is 3.58. The molecule has 2 aromatic heterocycles. The van der Waals surface area contributed by atoms with E-state index in [1.807, 2.05) is 17.7 Å². The van der Waals surface area contributed by atoms with Crippen LogP contribution in [0.2, 0.25) is 0 Å². The molecule has 0 saturated carbocycles. The van der Waals surface area contributed by atoms with Crippen molar-refractivity contribution < 1.29 is 4.79 Å². The van der Waals surface area contributed by atoms with E-state index < -0.39 is 0 Å². The Bertz CT molecular complexity index is 471. The van der Waals surface area contributed by atoms with Gasteiger partial charge in [-0.3, -0.25) is 4.79 Å². The van der Waals surface area contributed by atoms with Gasteiger partial charge >= 0.3 is 0 Å². The summed E-state index contributed by atoms with van der Waals surface area (Å²) < 4.78 is 0. The summed E-state index contributed by atoms with van der Waals surface area (Å²) in [5.74, 6) is 0.241. The van der Waals surface area contributed by atoms with Gasteiger partial charge < -0.3 is 5.73 Å². The second-order valence-corrected chi connectivity index (χ2v) is 4.01. The average Bonchev–Trinajstić information content (AvgIpc) is 2.69. The van der Waals surface area contributed by atoms with E-state index in [4.69, 9.17) is 5.73 Å². The van der Waals surface area contributed by atoms with Gasteiger partial charge in [0.1, 0.15) is 5.82 Å². The standard InChI is InChI=1S/C11H10N2OS/c1-7-2-4-13-11(12)9(7)10(14)8-3-5-15-6-8/h2-6H,1H3,(H2,12,13). The van der Waals surface area contributed by atoms with Crippen molar-refractivity contribution >= 4 is 22.9 Å². The maximum Gasteiger partial charge on any atom is 0.197 e. The third-order valence-electron chi connectivity index (χ3n) is 2.20. The Morgan fingerprint density at radius 2 is 2.27 bits per heavy atom.